The van der Waals surface area contributed by atoms with E-state index in [4.69, 9.17) is 0 Å². The van der Waals surface area contributed by atoms with Gasteiger partial charge in [-0.1, -0.05) is 17.2 Å². The number of nitrogens with zero attached hydrogens (tertiary/aromatic N) is 1. The second kappa shape index (κ2) is 4.65. The molecule has 0 spiro atoms. The molecule has 0 saturated heterocycles. The molecule has 1 aliphatic carbocycles. The third-order valence-corrected chi connectivity index (χ3v) is 3.69. The van der Waals surface area contributed by atoms with Crippen LogP contribution in [0.5, 0.6) is 0 Å². The van der Waals surface area contributed by atoms with Crippen LogP contribution in [0.25, 0.3) is 11.4 Å². The molecule has 0 fully saturated rings. The highest BCUT2D eigenvalue weighted by Gasteiger charge is 2.16. The van der Waals surface area contributed by atoms with Crippen molar-refractivity contribution in [1.82, 2.24) is 9.97 Å². The number of fused-ring (bicyclic) bond motifs is 1. The van der Waals surface area contributed by atoms with E-state index in [9.17, 15) is 4.79 Å². The lowest BCUT2D eigenvalue weighted by Gasteiger charge is -2.15. The Bertz CT molecular complexity index is 665. The number of benzene rings is 1. The molecular weight excluding hydrogens is 236 g/mol. The van der Waals surface area contributed by atoms with Crippen LogP contribution < -0.4 is 5.56 Å². The third-order valence-electron chi connectivity index (χ3n) is 3.69. The average Bonchev–Trinajstić information content (AvgIpc) is 2.37. The molecule has 1 aromatic carbocycles. The molecule has 1 aromatic heterocycles. The maximum atomic E-state index is 12.1. The topological polar surface area (TPSA) is 45.8 Å². The summed E-state index contributed by atoms with van der Waals surface area (Å²) in [6.07, 6.45) is 4.03. The van der Waals surface area contributed by atoms with Crippen molar-refractivity contribution in [3.05, 3.63) is 50.9 Å². The summed E-state index contributed by atoms with van der Waals surface area (Å²) in [5.74, 6) is 0.706. The minimum absolute atomic E-state index is 0.0406. The van der Waals surface area contributed by atoms with Crippen LogP contribution in [0.15, 0.2) is 23.0 Å². The van der Waals surface area contributed by atoms with Crippen LogP contribution in [0.3, 0.4) is 0 Å². The van der Waals surface area contributed by atoms with Gasteiger partial charge in [-0.05, 0) is 51.7 Å². The highest BCUT2D eigenvalue weighted by atomic mass is 16.1. The molecule has 3 nitrogen and oxygen atoms in total. The van der Waals surface area contributed by atoms with Crippen molar-refractivity contribution in [3.8, 4) is 11.4 Å². The first-order valence-corrected chi connectivity index (χ1v) is 6.84. The van der Waals surface area contributed by atoms with Crippen LogP contribution in [-0.4, -0.2) is 9.97 Å². The first-order chi connectivity index (χ1) is 9.13. The zero-order chi connectivity index (χ0) is 13.4. The molecule has 3 rings (SSSR count). The van der Waals surface area contributed by atoms with Gasteiger partial charge in [-0.25, -0.2) is 4.98 Å². The van der Waals surface area contributed by atoms with E-state index in [1.54, 1.807) is 0 Å². The summed E-state index contributed by atoms with van der Waals surface area (Å²) in [7, 11) is 0. The Kier molecular flexibility index (Phi) is 2.97. The Morgan fingerprint density at radius 2 is 1.74 bits per heavy atom. The van der Waals surface area contributed by atoms with Gasteiger partial charge in [-0.3, -0.25) is 4.79 Å². The fourth-order valence-corrected chi connectivity index (χ4v) is 2.85. The SMILES string of the molecule is Cc1cc(C)cc(-c2nc3c(c(=O)[nH]2)CCCC3)c1. The Morgan fingerprint density at radius 1 is 1.05 bits per heavy atom. The predicted molar refractivity (Wildman–Crippen MR) is 76.4 cm³/mol. The molecule has 0 saturated carbocycles. The van der Waals surface area contributed by atoms with Crippen molar-refractivity contribution in [2.75, 3.05) is 0 Å². The number of rotatable bonds is 1. The second-order valence-electron chi connectivity index (χ2n) is 5.42. The van der Waals surface area contributed by atoms with Gasteiger partial charge >= 0.3 is 0 Å². The molecule has 1 heterocycles. The van der Waals surface area contributed by atoms with Gasteiger partial charge in [0.2, 0.25) is 0 Å². The molecule has 0 atom stereocenters. The molecule has 1 N–H and O–H groups in total. The first-order valence-electron chi connectivity index (χ1n) is 6.84. The van der Waals surface area contributed by atoms with Crippen LogP contribution in [0.2, 0.25) is 0 Å². The summed E-state index contributed by atoms with van der Waals surface area (Å²) >= 11 is 0. The largest absolute Gasteiger partial charge is 0.306 e. The van der Waals surface area contributed by atoms with Gasteiger partial charge < -0.3 is 4.98 Å². The van der Waals surface area contributed by atoms with Gasteiger partial charge in [0.15, 0.2) is 0 Å². The maximum Gasteiger partial charge on any atom is 0.254 e. The van der Waals surface area contributed by atoms with Gasteiger partial charge in [0, 0.05) is 11.1 Å². The van der Waals surface area contributed by atoms with E-state index >= 15 is 0 Å². The van der Waals surface area contributed by atoms with Crippen LogP contribution in [-0.2, 0) is 12.8 Å². The fourth-order valence-electron chi connectivity index (χ4n) is 2.85. The summed E-state index contributed by atoms with van der Waals surface area (Å²) in [5, 5.41) is 0. The molecule has 2 aromatic rings. The van der Waals surface area contributed by atoms with E-state index in [-0.39, 0.29) is 5.56 Å². The van der Waals surface area contributed by atoms with Gasteiger partial charge in [0.05, 0.1) is 5.69 Å². The van der Waals surface area contributed by atoms with Crippen LogP contribution in [0, 0.1) is 13.8 Å². The number of hydrogen-bond donors (Lipinski definition) is 1. The average molecular weight is 254 g/mol. The number of aromatic amines is 1. The molecule has 19 heavy (non-hydrogen) atoms. The first kappa shape index (κ1) is 12.2. The van der Waals surface area contributed by atoms with E-state index in [0.29, 0.717) is 5.82 Å². The molecule has 0 unspecified atom stereocenters. The number of nitrogens with one attached hydrogen (secondary N) is 1. The predicted octanol–water partition coefficient (Wildman–Crippen LogP) is 2.93. The molecule has 0 amide bonds. The molecule has 1 aliphatic rings. The number of H-pyrrole nitrogens is 1. The number of aromatic nitrogens is 2. The number of aryl methyl sites for hydroxylation is 3. The van der Waals surface area contributed by atoms with Crippen molar-refractivity contribution in [3.63, 3.8) is 0 Å². The summed E-state index contributed by atoms with van der Waals surface area (Å²) in [4.78, 5) is 19.7. The summed E-state index contributed by atoms with van der Waals surface area (Å²) < 4.78 is 0. The van der Waals surface area contributed by atoms with Crippen LogP contribution in [0.1, 0.15) is 35.2 Å². The molecule has 0 radical (unpaired) electrons. The zero-order valence-corrected chi connectivity index (χ0v) is 11.4. The minimum atomic E-state index is 0.0406. The highest BCUT2D eigenvalue weighted by molar-refractivity contribution is 5.58. The van der Waals surface area contributed by atoms with Crippen molar-refractivity contribution >= 4 is 0 Å². The van der Waals surface area contributed by atoms with Crippen LogP contribution in [0.4, 0.5) is 0 Å². The maximum absolute atomic E-state index is 12.1. The van der Waals surface area contributed by atoms with Crippen LogP contribution >= 0.6 is 0 Å². The Balaban J connectivity index is 2.15. The Morgan fingerprint density at radius 3 is 2.47 bits per heavy atom. The molecule has 3 heteroatoms. The summed E-state index contributed by atoms with van der Waals surface area (Å²) in [6.45, 7) is 4.13. The normalized spacial score (nSPS) is 14.2. The van der Waals surface area contributed by atoms with E-state index in [1.807, 2.05) is 0 Å². The lowest BCUT2D eigenvalue weighted by molar-refractivity contribution is 0.657. The minimum Gasteiger partial charge on any atom is -0.306 e. The highest BCUT2D eigenvalue weighted by Crippen LogP contribution is 2.21. The van der Waals surface area contributed by atoms with Gasteiger partial charge in [0.1, 0.15) is 5.82 Å². The smallest absolute Gasteiger partial charge is 0.254 e. The van der Waals surface area contributed by atoms with Crippen molar-refractivity contribution in [2.24, 2.45) is 0 Å². The lowest BCUT2D eigenvalue weighted by Crippen LogP contribution is -2.21. The zero-order valence-electron chi connectivity index (χ0n) is 11.4. The quantitative estimate of drug-likeness (QED) is 0.850. The van der Waals surface area contributed by atoms with Gasteiger partial charge in [0.25, 0.3) is 5.56 Å². The van der Waals surface area contributed by atoms with Gasteiger partial charge in [-0.15, -0.1) is 0 Å². The van der Waals surface area contributed by atoms with E-state index < -0.39 is 0 Å². The fraction of sp³-hybridized carbons (Fsp3) is 0.375. The van der Waals surface area contributed by atoms with E-state index in [2.05, 4.69) is 42.0 Å². The molecule has 0 bridgehead atoms. The Hall–Kier alpha value is -1.90. The number of hydrogen-bond acceptors (Lipinski definition) is 2. The second-order valence-corrected chi connectivity index (χ2v) is 5.42. The Labute approximate surface area is 112 Å². The standard InChI is InChI=1S/C16H18N2O/c1-10-7-11(2)9-12(8-10)15-17-14-6-4-3-5-13(14)16(19)18-15/h7-9H,3-6H2,1-2H3,(H,17,18,19). The van der Waals surface area contributed by atoms with Crippen molar-refractivity contribution in [1.29, 1.82) is 0 Å². The molecule has 98 valence electrons. The van der Waals surface area contributed by atoms with E-state index in [1.165, 1.54) is 11.1 Å². The molecule has 0 aliphatic heterocycles. The van der Waals surface area contributed by atoms with Crippen molar-refractivity contribution in [2.45, 2.75) is 39.5 Å². The third kappa shape index (κ3) is 2.33. The lowest BCUT2D eigenvalue weighted by atomic mass is 9.97. The van der Waals surface area contributed by atoms with Crippen molar-refractivity contribution < 1.29 is 0 Å². The monoisotopic (exact) mass is 254 g/mol. The van der Waals surface area contributed by atoms with Gasteiger partial charge in [-0.2, -0.15) is 0 Å². The summed E-state index contributed by atoms with van der Waals surface area (Å²) in [6, 6.07) is 6.26. The molecular formula is C16H18N2O. The summed E-state index contributed by atoms with van der Waals surface area (Å²) in [5.41, 5.74) is 5.30. The van der Waals surface area contributed by atoms with E-state index in [0.717, 1.165) is 42.5 Å².